The summed E-state index contributed by atoms with van der Waals surface area (Å²) in [5.41, 5.74) is 3.34. The highest BCUT2D eigenvalue weighted by Crippen LogP contribution is 2.44. The Morgan fingerprint density at radius 3 is 2.72 bits per heavy atom. The number of quaternary nitrogens is 1. The van der Waals surface area contributed by atoms with Gasteiger partial charge >= 0.3 is 5.68 Å². The molecule has 1 amide bonds. The lowest BCUT2D eigenvalue weighted by molar-refractivity contribution is -0.843. The van der Waals surface area contributed by atoms with E-state index in [0.29, 0.717) is 17.9 Å². The quantitative estimate of drug-likeness (QED) is 0.720. The fourth-order valence-electron chi connectivity index (χ4n) is 5.95. The molecule has 2 atom stereocenters. The number of rotatable bonds is 2. The van der Waals surface area contributed by atoms with Crippen molar-refractivity contribution in [3.05, 3.63) is 34.9 Å². The second-order valence-electron chi connectivity index (χ2n) is 8.46. The molecule has 25 heavy (non-hydrogen) atoms. The molecule has 133 valence electrons. The zero-order valence-corrected chi connectivity index (χ0v) is 16.0. The van der Waals surface area contributed by atoms with Crippen LogP contribution in [-0.4, -0.2) is 53.1 Å². The van der Waals surface area contributed by atoms with Crippen molar-refractivity contribution >= 4 is 34.5 Å². The summed E-state index contributed by atoms with van der Waals surface area (Å²) < 4.78 is 0.769. The Kier molecular flexibility index (Phi) is 3.89. The first-order valence-corrected chi connectivity index (χ1v) is 10.5. The van der Waals surface area contributed by atoms with Gasteiger partial charge in [0.15, 0.2) is 0 Å². The number of hydrogen-bond donors (Lipinski definition) is 0. The highest BCUT2D eigenvalue weighted by atomic mass is 35.5. The third-order valence-electron chi connectivity index (χ3n) is 7.31. The van der Waals surface area contributed by atoms with Crippen LogP contribution in [-0.2, 0) is 6.42 Å². The zero-order valence-electron chi connectivity index (χ0n) is 14.5. The molecule has 1 aliphatic carbocycles. The first-order valence-electron chi connectivity index (χ1n) is 9.66. The van der Waals surface area contributed by atoms with Crippen molar-refractivity contribution in [3.8, 4) is 0 Å². The minimum absolute atomic E-state index is 0.243. The molecule has 0 aromatic heterocycles. The Morgan fingerprint density at radius 1 is 1.16 bits per heavy atom. The maximum atomic E-state index is 13.4. The van der Waals surface area contributed by atoms with Gasteiger partial charge in [-0.15, -0.1) is 0 Å². The molecule has 3 saturated heterocycles. The van der Waals surface area contributed by atoms with Gasteiger partial charge in [0.2, 0.25) is 0 Å². The number of aryl methyl sites for hydroxylation is 1. The Labute approximate surface area is 159 Å². The minimum Gasteiger partial charge on any atom is -0.508 e. The topological polar surface area (TPSA) is 20.3 Å². The van der Waals surface area contributed by atoms with Gasteiger partial charge in [-0.05, 0) is 55.2 Å². The Hall–Kier alpha value is -0.705. The molecule has 4 aliphatic heterocycles. The van der Waals surface area contributed by atoms with Crippen LogP contribution in [0.15, 0.2) is 18.2 Å². The lowest BCUT2D eigenvalue weighted by Gasteiger charge is -2.62. The van der Waals surface area contributed by atoms with Gasteiger partial charge in [-0.25, -0.2) is 0 Å². The molecule has 2 bridgehead atoms. The maximum absolute atomic E-state index is 13.4. The van der Waals surface area contributed by atoms with Crippen molar-refractivity contribution in [1.82, 2.24) is 4.90 Å². The van der Waals surface area contributed by atoms with Gasteiger partial charge in [-0.3, -0.25) is 4.79 Å². The van der Waals surface area contributed by atoms with Crippen LogP contribution >= 0.6 is 22.9 Å². The summed E-state index contributed by atoms with van der Waals surface area (Å²) in [4.78, 5) is 15.6. The fourth-order valence-corrected chi connectivity index (χ4v) is 6.50. The molecule has 5 aliphatic rings. The minimum atomic E-state index is -0.378. The van der Waals surface area contributed by atoms with Gasteiger partial charge in [-0.2, -0.15) is 0 Å². The molecule has 1 aromatic carbocycles. The van der Waals surface area contributed by atoms with Crippen LogP contribution in [0.1, 0.15) is 53.1 Å². The van der Waals surface area contributed by atoms with E-state index in [-0.39, 0.29) is 11.6 Å². The molecular formula is C19H24BCl2N2O. The lowest BCUT2D eigenvalue weighted by atomic mass is 9.74. The van der Waals surface area contributed by atoms with E-state index >= 15 is 0 Å². The first kappa shape index (κ1) is 16.5. The summed E-state index contributed by atoms with van der Waals surface area (Å²) in [6, 6.07) is 6.63. The Morgan fingerprint density at radius 2 is 1.96 bits per heavy atom. The zero-order chi connectivity index (χ0) is 17.2. The predicted octanol–water partition coefficient (Wildman–Crippen LogP) is 3.63. The van der Waals surface area contributed by atoms with Crippen molar-refractivity contribution in [2.24, 2.45) is 5.92 Å². The average Bonchev–Trinajstić information content (AvgIpc) is 2.65. The van der Waals surface area contributed by atoms with Crippen molar-refractivity contribution < 1.29 is 9.19 Å². The summed E-state index contributed by atoms with van der Waals surface area (Å²) >= 11 is 12.8. The summed E-state index contributed by atoms with van der Waals surface area (Å²) in [6.07, 6.45) is 5.85. The molecule has 1 radical (unpaired) electrons. The molecule has 6 heteroatoms. The second kappa shape index (κ2) is 5.90. The normalized spacial score (nSPS) is 36.7. The van der Waals surface area contributed by atoms with Crippen LogP contribution in [0.4, 0.5) is 0 Å². The highest BCUT2D eigenvalue weighted by molar-refractivity contribution is 7.30. The Balaban J connectivity index is 1.51. The van der Waals surface area contributed by atoms with Crippen molar-refractivity contribution in [2.75, 3.05) is 26.2 Å². The molecule has 6 rings (SSSR count). The van der Waals surface area contributed by atoms with Crippen molar-refractivity contribution in [3.63, 3.8) is 0 Å². The van der Waals surface area contributed by atoms with Gasteiger partial charge in [0, 0.05) is 31.1 Å². The van der Waals surface area contributed by atoms with Gasteiger partial charge in [0.05, 0.1) is 12.6 Å². The predicted molar refractivity (Wildman–Crippen MR) is 102 cm³/mol. The molecular weight excluding hydrogens is 354 g/mol. The standard InChI is InChI=1S/C19H24BCl2N2O/c21-20(22)24-9-7-13(8-10-24)17(12-24)23-11-15-5-1-3-14-4-2-6-16(18(14)15)19(23)25/h2,4,6,13,15,17H,1,3,5,7-12H2/t13?,15-,17-,24?/m1/s1. The van der Waals surface area contributed by atoms with Crippen LogP contribution in [0.25, 0.3) is 0 Å². The summed E-state index contributed by atoms with van der Waals surface area (Å²) in [5, 5.41) is 0. The summed E-state index contributed by atoms with van der Waals surface area (Å²) in [5.74, 6) is 1.38. The van der Waals surface area contributed by atoms with Gasteiger partial charge in [0.1, 0.15) is 0 Å². The van der Waals surface area contributed by atoms with Gasteiger partial charge in [-0.1, -0.05) is 12.1 Å². The molecule has 0 spiro atoms. The van der Waals surface area contributed by atoms with Crippen LogP contribution in [0.5, 0.6) is 0 Å². The van der Waals surface area contributed by atoms with Gasteiger partial charge in [0.25, 0.3) is 5.91 Å². The van der Waals surface area contributed by atoms with E-state index in [2.05, 4.69) is 17.0 Å². The first-order chi connectivity index (χ1) is 12.1. The van der Waals surface area contributed by atoms with Crippen molar-refractivity contribution in [2.45, 2.75) is 44.1 Å². The smallest absolute Gasteiger partial charge is 0.328 e. The monoisotopic (exact) mass is 377 g/mol. The number of nitrogens with zero attached hydrogens (tertiary/aromatic N) is 2. The van der Waals surface area contributed by atoms with Crippen LogP contribution in [0.3, 0.4) is 0 Å². The van der Waals surface area contributed by atoms with E-state index in [9.17, 15) is 4.79 Å². The third-order valence-corrected chi connectivity index (χ3v) is 8.14. The summed E-state index contributed by atoms with van der Waals surface area (Å²) in [7, 11) is 0. The highest BCUT2D eigenvalue weighted by Gasteiger charge is 2.49. The van der Waals surface area contributed by atoms with E-state index < -0.39 is 0 Å². The van der Waals surface area contributed by atoms with Crippen molar-refractivity contribution in [1.29, 1.82) is 0 Å². The average molecular weight is 378 g/mol. The SMILES string of the molecule is O=C1c2cccc3c2[C@H](CCC3)CN1[C@@H]1C[N+]2([B-](Cl)Cl)CCC1CC2. The number of carbonyl (C=O) groups is 1. The number of amides is 1. The number of carbonyl (C=O) groups excluding carboxylic acids is 1. The molecule has 0 unspecified atom stereocenters. The molecule has 3 nitrogen and oxygen atoms in total. The number of benzene rings is 1. The van der Waals surface area contributed by atoms with E-state index in [4.69, 9.17) is 22.9 Å². The van der Waals surface area contributed by atoms with Crippen LogP contribution in [0.2, 0.25) is 0 Å². The van der Waals surface area contributed by atoms with Gasteiger partial charge < -0.3 is 32.2 Å². The second-order valence-corrected chi connectivity index (χ2v) is 9.51. The molecule has 4 heterocycles. The molecule has 0 N–H and O–H groups in total. The third kappa shape index (κ3) is 2.40. The lowest BCUT2D eigenvalue weighted by Crippen LogP contribution is -2.71. The van der Waals surface area contributed by atoms with E-state index in [1.54, 1.807) is 0 Å². The maximum Gasteiger partial charge on any atom is 0.328 e. The van der Waals surface area contributed by atoms with Crippen LogP contribution < -0.4 is 0 Å². The van der Waals surface area contributed by atoms with E-state index in [1.807, 2.05) is 6.07 Å². The molecule has 3 fully saturated rings. The summed E-state index contributed by atoms with van der Waals surface area (Å²) in [6.45, 7) is 3.94. The van der Waals surface area contributed by atoms with Crippen LogP contribution in [0, 0.1) is 5.92 Å². The molecule has 0 saturated carbocycles. The largest absolute Gasteiger partial charge is 0.508 e. The van der Waals surface area contributed by atoms with E-state index in [0.717, 1.165) is 55.4 Å². The van der Waals surface area contributed by atoms with E-state index in [1.165, 1.54) is 24.0 Å². The number of piperidine rings is 3. The fraction of sp³-hybridized carbons (Fsp3) is 0.632. The number of hydrogen-bond acceptors (Lipinski definition) is 1. The number of fused-ring (bicyclic) bond motifs is 3. The number of halogens is 2. The molecule has 1 aromatic rings. The Bertz CT molecular complexity index is 717.